The van der Waals surface area contributed by atoms with Gasteiger partial charge >= 0.3 is 0 Å². The van der Waals surface area contributed by atoms with Crippen LogP contribution in [0.2, 0.25) is 0 Å². The molecule has 0 radical (unpaired) electrons. The second-order valence-corrected chi connectivity index (χ2v) is 7.74. The molecule has 0 spiro atoms. The van der Waals surface area contributed by atoms with Crippen LogP contribution in [-0.2, 0) is 6.42 Å². The lowest BCUT2D eigenvalue weighted by molar-refractivity contribution is 0.0697. The van der Waals surface area contributed by atoms with Gasteiger partial charge in [-0.2, -0.15) is 5.26 Å². The second kappa shape index (κ2) is 7.98. The lowest BCUT2D eigenvalue weighted by atomic mass is 9.90. The average Bonchev–Trinajstić information content (AvgIpc) is 3.31. The van der Waals surface area contributed by atoms with Gasteiger partial charge in [-0.3, -0.25) is 4.79 Å². The Balaban J connectivity index is 1.79. The number of carbonyl (C=O) groups is 1. The largest absolute Gasteiger partial charge is 0.493 e. The summed E-state index contributed by atoms with van der Waals surface area (Å²) in [6.45, 7) is 0.601. The van der Waals surface area contributed by atoms with Crippen LogP contribution in [0.1, 0.15) is 38.0 Å². The normalized spacial score (nSPS) is 15.3. The molecule has 2 aromatic carbocycles. The molecule has 29 heavy (non-hydrogen) atoms. The lowest BCUT2D eigenvalue weighted by Crippen LogP contribution is -2.40. The number of hydrogen-bond donors (Lipinski definition) is 0. The zero-order valence-electron chi connectivity index (χ0n) is 16.2. The van der Waals surface area contributed by atoms with Gasteiger partial charge in [-0.1, -0.05) is 6.07 Å². The monoisotopic (exact) mass is 404 g/mol. The predicted molar refractivity (Wildman–Crippen MR) is 112 cm³/mol. The minimum Gasteiger partial charge on any atom is -0.493 e. The molecule has 0 unspecified atom stereocenters. The average molecular weight is 404 g/mol. The number of carbonyl (C=O) groups excluding carboxylic acids is 1. The van der Waals surface area contributed by atoms with Crippen molar-refractivity contribution in [2.75, 3.05) is 20.8 Å². The third kappa shape index (κ3) is 3.45. The molecule has 1 aliphatic rings. The molecular weight excluding hydrogens is 384 g/mol. The molecule has 0 saturated carbocycles. The first-order valence-electron chi connectivity index (χ1n) is 9.25. The van der Waals surface area contributed by atoms with E-state index in [0.29, 0.717) is 29.2 Å². The first-order valence-corrected chi connectivity index (χ1v) is 10.1. The SMILES string of the molecule is COc1cc2c(cc1OC)[C@H](c1cccs1)N(C(=O)c1ccc(C#N)cc1)CC2. The lowest BCUT2D eigenvalue weighted by Gasteiger charge is -2.37. The van der Waals surface area contributed by atoms with Crippen LogP contribution in [0.25, 0.3) is 0 Å². The van der Waals surface area contributed by atoms with Crippen LogP contribution in [0.15, 0.2) is 53.9 Å². The van der Waals surface area contributed by atoms with Crippen LogP contribution in [-0.4, -0.2) is 31.6 Å². The summed E-state index contributed by atoms with van der Waals surface area (Å²) in [6, 6.07) is 16.7. The summed E-state index contributed by atoms with van der Waals surface area (Å²) in [5.41, 5.74) is 3.33. The van der Waals surface area contributed by atoms with Crippen molar-refractivity contribution in [1.29, 1.82) is 5.26 Å². The molecule has 0 N–H and O–H groups in total. The van der Waals surface area contributed by atoms with E-state index in [-0.39, 0.29) is 11.9 Å². The van der Waals surface area contributed by atoms with Crippen LogP contribution in [0, 0.1) is 11.3 Å². The van der Waals surface area contributed by atoms with Crippen molar-refractivity contribution in [3.8, 4) is 17.6 Å². The number of fused-ring (bicyclic) bond motifs is 1. The van der Waals surface area contributed by atoms with Gasteiger partial charge in [-0.15, -0.1) is 11.3 Å². The summed E-state index contributed by atoms with van der Waals surface area (Å²) >= 11 is 1.63. The van der Waals surface area contributed by atoms with Crippen molar-refractivity contribution in [3.05, 3.63) is 81.0 Å². The highest BCUT2D eigenvalue weighted by Gasteiger charge is 2.34. The molecule has 5 nitrogen and oxygen atoms in total. The fourth-order valence-corrected chi connectivity index (χ4v) is 4.63. The standard InChI is InChI=1S/C23H20N2O3S/c1-27-19-12-17-9-10-25(23(26)16-7-5-15(14-24)6-8-16)22(21-4-3-11-29-21)18(17)13-20(19)28-2/h3-8,11-13,22H,9-10H2,1-2H3/t22-/m1/s1. The number of methoxy groups -OCH3 is 2. The number of thiophene rings is 1. The zero-order chi connectivity index (χ0) is 20.4. The quantitative estimate of drug-likeness (QED) is 0.646. The molecule has 1 amide bonds. The van der Waals surface area contributed by atoms with Crippen LogP contribution in [0.3, 0.4) is 0 Å². The summed E-state index contributed by atoms with van der Waals surface area (Å²) in [5, 5.41) is 11.0. The van der Waals surface area contributed by atoms with Gasteiger partial charge in [0.2, 0.25) is 0 Å². The van der Waals surface area contributed by atoms with Crippen LogP contribution >= 0.6 is 11.3 Å². The van der Waals surface area contributed by atoms with Crippen LogP contribution in [0.5, 0.6) is 11.5 Å². The van der Waals surface area contributed by atoms with E-state index in [1.54, 1.807) is 49.8 Å². The third-order valence-electron chi connectivity index (χ3n) is 5.21. The predicted octanol–water partition coefficient (Wildman–Crippen LogP) is 4.42. The molecule has 0 saturated heterocycles. The van der Waals surface area contributed by atoms with Crippen molar-refractivity contribution in [1.82, 2.24) is 4.90 Å². The Morgan fingerprint density at radius 2 is 1.86 bits per heavy atom. The Kier molecular flexibility index (Phi) is 5.24. The topological polar surface area (TPSA) is 62.6 Å². The van der Waals surface area contributed by atoms with Crippen molar-refractivity contribution < 1.29 is 14.3 Å². The minimum absolute atomic E-state index is 0.0478. The molecule has 1 atom stereocenters. The first-order chi connectivity index (χ1) is 14.2. The smallest absolute Gasteiger partial charge is 0.254 e. The van der Waals surface area contributed by atoms with Gasteiger partial charge in [0.05, 0.1) is 31.9 Å². The van der Waals surface area contributed by atoms with Crippen LogP contribution in [0.4, 0.5) is 0 Å². The van der Waals surface area contributed by atoms with E-state index in [0.717, 1.165) is 22.4 Å². The zero-order valence-corrected chi connectivity index (χ0v) is 17.0. The maximum absolute atomic E-state index is 13.4. The number of benzene rings is 2. The maximum Gasteiger partial charge on any atom is 0.254 e. The van der Waals surface area contributed by atoms with E-state index < -0.39 is 0 Å². The molecule has 0 fully saturated rings. The number of nitriles is 1. The first kappa shape index (κ1) is 19.0. The van der Waals surface area contributed by atoms with E-state index in [1.807, 2.05) is 28.5 Å². The molecule has 6 heteroatoms. The number of rotatable bonds is 4. The highest BCUT2D eigenvalue weighted by Crippen LogP contribution is 2.42. The highest BCUT2D eigenvalue weighted by molar-refractivity contribution is 7.10. The van der Waals surface area contributed by atoms with E-state index in [2.05, 4.69) is 12.1 Å². The Bertz CT molecular complexity index is 1070. The number of ether oxygens (including phenoxy) is 2. The summed E-state index contributed by atoms with van der Waals surface area (Å²) in [5.74, 6) is 1.30. The Labute approximate surface area is 173 Å². The molecule has 0 aliphatic carbocycles. The van der Waals surface area contributed by atoms with E-state index in [9.17, 15) is 4.79 Å². The molecule has 4 rings (SSSR count). The Hall–Kier alpha value is -3.30. The fourth-order valence-electron chi connectivity index (χ4n) is 3.77. The highest BCUT2D eigenvalue weighted by atomic mass is 32.1. The molecule has 1 aliphatic heterocycles. The van der Waals surface area contributed by atoms with Gasteiger partial charge in [-0.25, -0.2) is 0 Å². The van der Waals surface area contributed by atoms with Crippen molar-refractivity contribution in [2.24, 2.45) is 0 Å². The minimum atomic E-state index is -0.193. The van der Waals surface area contributed by atoms with Gasteiger partial charge in [-0.05, 0) is 65.4 Å². The van der Waals surface area contributed by atoms with E-state index in [4.69, 9.17) is 14.7 Å². The molecule has 2 heterocycles. The van der Waals surface area contributed by atoms with Gasteiger partial charge < -0.3 is 14.4 Å². The van der Waals surface area contributed by atoms with Crippen molar-refractivity contribution in [2.45, 2.75) is 12.5 Å². The number of nitrogens with zero attached hydrogens (tertiary/aromatic N) is 2. The second-order valence-electron chi connectivity index (χ2n) is 6.76. The molecule has 3 aromatic rings. The molecule has 0 bridgehead atoms. The number of hydrogen-bond acceptors (Lipinski definition) is 5. The Morgan fingerprint density at radius 1 is 1.14 bits per heavy atom. The van der Waals surface area contributed by atoms with Crippen LogP contribution < -0.4 is 9.47 Å². The van der Waals surface area contributed by atoms with Gasteiger partial charge in [0.15, 0.2) is 11.5 Å². The summed E-state index contributed by atoms with van der Waals surface area (Å²) in [6.07, 6.45) is 0.736. The van der Waals surface area contributed by atoms with E-state index in [1.165, 1.54) is 0 Å². The molecule has 1 aromatic heterocycles. The summed E-state index contributed by atoms with van der Waals surface area (Å²) < 4.78 is 11.0. The van der Waals surface area contributed by atoms with Gasteiger partial charge in [0.25, 0.3) is 5.91 Å². The summed E-state index contributed by atoms with van der Waals surface area (Å²) in [4.78, 5) is 16.4. The van der Waals surface area contributed by atoms with E-state index >= 15 is 0 Å². The maximum atomic E-state index is 13.4. The van der Waals surface area contributed by atoms with Crippen molar-refractivity contribution >= 4 is 17.2 Å². The molecule has 146 valence electrons. The van der Waals surface area contributed by atoms with Gasteiger partial charge in [0, 0.05) is 17.0 Å². The molecular formula is C23H20N2O3S. The third-order valence-corrected chi connectivity index (χ3v) is 6.13. The number of amides is 1. The summed E-state index contributed by atoms with van der Waals surface area (Å²) in [7, 11) is 3.25. The fraction of sp³-hybridized carbons (Fsp3) is 0.217. The van der Waals surface area contributed by atoms with Gasteiger partial charge in [0.1, 0.15) is 0 Å². The van der Waals surface area contributed by atoms with Crippen molar-refractivity contribution in [3.63, 3.8) is 0 Å². The Morgan fingerprint density at radius 3 is 2.48 bits per heavy atom.